The average Bonchev–Trinajstić information content (AvgIpc) is 2.35. The Morgan fingerprint density at radius 3 is 2.26 bits per heavy atom. The van der Waals surface area contributed by atoms with Crippen LogP contribution in [0.1, 0.15) is 64.7 Å². The van der Waals surface area contributed by atoms with Gasteiger partial charge in [-0.3, -0.25) is 9.59 Å². The molecular formula is C15H26O4. The minimum absolute atomic E-state index is 0.0989. The lowest BCUT2D eigenvalue weighted by atomic mass is 10.0. The van der Waals surface area contributed by atoms with Gasteiger partial charge in [0.15, 0.2) is 0 Å². The summed E-state index contributed by atoms with van der Waals surface area (Å²) in [7, 11) is 0. The van der Waals surface area contributed by atoms with Gasteiger partial charge in [0.25, 0.3) is 0 Å². The SMILES string of the molecule is CCCCCCCC/C=C/C(CCC(=O)O)C(=O)O. The number of unbranched alkanes of at least 4 members (excludes halogenated alkanes) is 6. The standard InChI is InChI=1S/C15H26O4/c1-2-3-4-5-6-7-8-9-10-13(15(18)19)11-12-14(16)17/h9-10,13H,2-8,11-12H2,1H3,(H,16,17)(H,18,19)/b10-9+. The molecule has 0 amide bonds. The summed E-state index contributed by atoms with van der Waals surface area (Å²) in [5, 5.41) is 17.5. The van der Waals surface area contributed by atoms with Gasteiger partial charge < -0.3 is 10.2 Å². The van der Waals surface area contributed by atoms with E-state index in [1.54, 1.807) is 6.08 Å². The zero-order valence-electron chi connectivity index (χ0n) is 11.8. The van der Waals surface area contributed by atoms with Crippen LogP contribution >= 0.6 is 0 Å². The fraction of sp³-hybridized carbons (Fsp3) is 0.733. The van der Waals surface area contributed by atoms with E-state index in [4.69, 9.17) is 10.2 Å². The van der Waals surface area contributed by atoms with Crippen LogP contribution in [0.5, 0.6) is 0 Å². The first-order valence-electron chi connectivity index (χ1n) is 7.19. The first-order valence-corrected chi connectivity index (χ1v) is 7.19. The molecule has 0 saturated heterocycles. The highest BCUT2D eigenvalue weighted by Gasteiger charge is 2.14. The van der Waals surface area contributed by atoms with Crippen LogP contribution in [-0.2, 0) is 9.59 Å². The summed E-state index contributed by atoms with van der Waals surface area (Å²) in [4.78, 5) is 21.3. The molecular weight excluding hydrogens is 244 g/mol. The molecule has 110 valence electrons. The Hall–Kier alpha value is -1.32. The molecule has 0 heterocycles. The highest BCUT2D eigenvalue weighted by Crippen LogP contribution is 2.11. The van der Waals surface area contributed by atoms with Gasteiger partial charge >= 0.3 is 11.9 Å². The third-order valence-electron chi connectivity index (χ3n) is 3.08. The molecule has 0 radical (unpaired) electrons. The van der Waals surface area contributed by atoms with Crippen LogP contribution in [0.2, 0.25) is 0 Å². The predicted molar refractivity (Wildman–Crippen MR) is 75.1 cm³/mol. The number of carboxylic acids is 2. The molecule has 0 aromatic rings. The van der Waals surface area contributed by atoms with Gasteiger partial charge in [-0.1, -0.05) is 51.2 Å². The van der Waals surface area contributed by atoms with E-state index in [9.17, 15) is 9.59 Å². The van der Waals surface area contributed by atoms with E-state index in [1.807, 2.05) is 6.08 Å². The lowest BCUT2D eigenvalue weighted by Crippen LogP contribution is -2.12. The van der Waals surface area contributed by atoms with Gasteiger partial charge in [-0.15, -0.1) is 0 Å². The molecule has 0 aromatic heterocycles. The lowest BCUT2D eigenvalue weighted by molar-refractivity contribution is -0.141. The van der Waals surface area contributed by atoms with Crippen molar-refractivity contribution >= 4 is 11.9 Å². The summed E-state index contributed by atoms with van der Waals surface area (Å²) < 4.78 is 0. The zero-order valence-corrected chi connectivity index (χ0v) is 11.8. The van der Waals surface area contributed by atoms with E-state index < -0.39 is 17.9 Å². The first-order chi connectivity index (χ1) is 9.07. The van der Waals surface area contributed by atoms with Crippen molar-refractivity contribution in [2.24, 2.45) is 5.92 Å². The number of hydrogen-bond acceptors (Lipinski definition) is 2. The summed E-state index contributed by atoms with van der Waals surface area (Å²) in [5.74, 6) is -2.56. The Bertz CT molecular complexity index is 284. The Labute approximate surface area is 115 Å². The van der Waals surface area contributed by atoms with Crippen molar-refractivity contribution in [2.75, 3.05) is 0 Å². The van der Waals surface area contributed by atoms with E-state index in [0.29, 0.717) is 0 Å². The zero-order chi connectivity index (χ0) is 14.5. The summed E-state index contributed by atoms with van der Waals surface area (Å²) in [5.41, 5.74) is 0. The second-order valence-corrected chi connectivity index (χ2v) is 4.86. The van der Waals surface area contributed by atoms with Gasteiger partial charge in [0.1, 0.15) is 0 Å². The van der Waals surface area contributed by atoms with Crippen LogP contribution in [0.4, 0.5) is 0 Å². The fourth-order valence-corrected chi connectivity index (χ4v) is 1.88. The van der Waals surface area contributed by atoms with Crippen LogP contribution in [0.3, 0.4) is 0 Å². The van der Waals surface area contributed by atoms with Gasteiger partial charge in [0, 0.05) is 6.42 Å². The van der Waals surface area contributed by atoms with E-state index in [2.05, 4.69) is 6.92 Å². The van der Waals surface area contributed by atoms with Crippen LogP contribution in [-0.4, -0.2) is 22.2 Å². The van der Waals surface area contributed by atoms with Gasteiger partial charge in [-0.2, -0.15) is 0 Å². The largest absolute Gasteiger partial charge is 0.481 e. The van der Waals surface area contributed by atoms with Crippen LogP contribution < -0.4 is 0 Å². The van der Waals surface area contributed by atoms with Crippen LogP contribution in [0.15, 0.2) is 12.2 Å². The maximum atomic E-state index is 10.9. The van der Waals surface area contributed by atoms with Crippen molar-refractivity contribution in [2.45, 2.75) is 64.7 Å². The highest BCUT2D eigenvalue weighted by atomic mass is 16.4. The molecule has 0 aromatic carbocycles. The molecule has 0 rings (SSSR count). The van der Waals surface area contributed by atoms with E-state index in [-0.39, 0.29) is 12.8 Å². The summed E-state index contributed by atoms with van der Waals surface area (Å²) in [6, 6.07) is 0. The van der Waals surface area contributed by atoms with Gasteiger partial charge in [-0.05, 0) is 19.3 Å². The Kier molecular flexibility index (Phi) is 10.9. The molecule has 4 nitrogen and oxygen atoms in total. The third kappa shape index (κ3) is 11.5. The number of rotatable bonds is 12. The number of carbonyl (C=O) groups is 2. The molecule has 0 aliphatic heterocycles. The minimum Gasteiger partial charge on any atom is -0.481 e. The Morgan fingerprint density at radius 2 is 1.68 bits per heavy atom. The minimum atomic E-state index is -0.949. The molecule has 0 aliphatic carbocycles. The maximum absolute atomic E-state index is 10.9. The van der Waals surface area contributed by atoms with Crippen molar-refractivity contribution in [3.8, 4) is 0 Å². The predicted octanol–water partition coefficient (Wildman–Crippen LogP) is 3.86. The number of aliphatic carboxylic acids is 2. The molecule has 0 fully saturated rings. The topological polar surface area (TPSA) is 74.6 Å². The van der Waals surface area contributed by atoms with E-state index in [0.717, 1.165) is 12.8 Å². The number of carboxylic acid groups (broad SMARTS) is 2. The van der Waals surface area contributed by atoms with Crippen molar-refractivity contribution in [1.82, 2.24) is 0 Å². The maximum Gasteiger partial charge on any atom is 0.310 e. The van der Waals surface area contributed by atoms with E-state index >= 15 is 0 Å². The van der Waals surface area contributed by atoms with Crippen LogP contribution in [0.25, 0.3) is 0 Å². The molecule has 1 atom stereocenters. The third-order valence-corrected chi connectivity index (χ3v) is 3.08. The molecule has 1 unspecified atom stereocenters. The van der Waals surface area contributed by atoms with Gasteiger partial charge in [0.05, 0.1) is 5.92 Å². The summed E-state index contributed by atoms with van der Waals surface area (Å²) >= 11 is 0. The van der Waals surface area contributed by atoms with Crippen LogP contribution in [0, 0.1) is 5.92 Å². The van der Waals surface area contributed by atoms with Crippen molar-refractivity contribution in [3.05, 3.63) is 12.2 Å². The molecule has 4 heteroatoms. The first kappa shape index (κ1) is 17.7. The molecule has 19 heavy (non-hydrogen) atoms. The number of allylic oxidation sites excluding steroid dienone is 1. The highest BCUT2D eigenvalue weighted by molar-refractivity contribution is 5.73. The Morgan fingerprint density at radius 1 is 1.05 bits per heavy atom. The fourth-order valence-electron chi connectivity index (χ4n) is 1.88. The second-order valence-electron chi connectivity index (χ2n) is 4.86. The van der Waals surface area contributed by atoms with Crippen molar-refractivity contribution in [3.63, 3.8) is 0 Å². The molecule has 0 bridgehead atoms. The summed E-state index contributed by atoms with van der Waals surface area (Å²) in [6.45, 7) is 2.19. The smallest absolute Gasteiger partial charge is 0.310 e. The molecule has 0 spiro atoms. The van der Waals surface area contributed by atoms with Gasteiger partial charge in [0.2, 0.25) is 0 Å². The second kappa shape index (κ2) is 11.8. The van der Waals surface area contributed by atoms with Crippen molar-refractivity contribution in [1.29, 1.82) is 0 Å². The Balaban J connectivity index is 3.73. The molecule has 2 N–H and O–H groups in total. The molecule has 0 aliphatic rings. The quantitative estimate of drug-likeness (QED) is 0.417. The van der Waals surface area contributed by atoms with Gasteiger partial charge in [-0.25, -0.2) is 0 Å². The monoisotopic (exact) mass is 270 g/mol. The van der Waals surface area contributed by atoms with E-state index in [1.165, 1.54) is 32.1 Å². The summed E-state index contributed by atoms with van der Waals surface area (Å²) in [6.07, 6.45) is 11.7. The number of hydrogen-bond donors (Lipinski definition) is 2. The lowest BCUT2D eigenvalue weighted by Gasteiger charge is -2.05. The average molecular weight is 270 g/mol. The van der Waals surface area contributed by atoms with Crippen molar-refractivity contribution < 1.29 is 19.8 Å². The normalized spacial score (nSPS) is 12.7. The molecule has 0 saturated carbocycles.